The molecule has 0 aromatic carbocycles. The van der Waals surface area contributed by atoms with Gasteiger partial charge in [-0.3, -0.25) is 4.79 Å². The van der Waals surface area contributed by atoms with Gasteiger partial charge in [0.25, 0.3) is 0 Å². The second-order valence-corrected chi connectivity index (χ2v) is 5.52. The maximum absolute atomic E-state index is 12.1. The molecule has 1 amide bonds. The van der Waals surface area contributed by atoms with Gasteiger partial charge in [0.05, 0.1) is 6.04 Å². The minimum atomic E-state index is 0.138. The fourth-order valence-electron chi connectivity index (χ4n) is 2.76. The van der Waals surface area contributed by atoms with Crippen molar-refractivity contribution in [3.8, 4) is 11.6 Å². The molecule has 0 saturated carbocycles. The molecule has 3 heterocycles. The zero-order valence-corrected chi connectivity index (χ0v) is 12.0. The van der Waals surface area contributed by atoms with Gasteiger partial charge in [-0.1, -0.05) is 0 Å². The van der Waals surface area contributed by atoms with Crippen molar-refractivity contribution in [1.29, 1.82) is 0 Å². The average molecular weight is 273 g/mol. The van der Waals surface area contributed by atoms with E-state index in [2.05, 4.69) is 14.5 Å². The molecule has 6 heteroatoms. The summed E-state index contributed by atoms with van der Waals surface area (Å²) in [5, 5.41) is 0. The smallest absolute Gasteiger partial charge is 0.225 e. The lowest BCUT2D eigenvalue weighted by Crippen LogP contribution is -2.32. The summed E-state index contributed by atoms with van der Waals surface area (Å²) in [6.45, 7) is 4.84. The molecule has 1 aliphatic rings. The average Bonchev–Trinajstić information content (AvgIpc) is 3.06. The molecule has 0 spiro atoms. The van der Waals surface area contributed by atoms with Gasteiger partial charge in [-0.05, 0) is 13.8 Å². The van der Waals surface area contributed by atoms with Gasteiger partial charge in [0.15, 0.2) is 11.6 Å². The molecule has 0 N–H and O–H groups in total. The summed E-state index contributed by atoms with van der Waals surface area (Å²) < 4.78 is 4.01. The van der Waals surface area contributed by atoms with Crippen molar-refractivity contribution >= 4 is 5.91 Å². The number of rotatable bonds is 3. The van der Waals surface area contributed by atoms with Gasteiger partial charge < -0.3 is 14.0 Å². The molecule has 1 fully saturated rings. The molecule has 1 saturated heterocycles. The first kappa shape index (κ1) is 12.9. The molecule has 3 rings (SSSR count). The van der Waals surface area contributed by atoms with E-state index in [4.69, 9.17) is 0 Å². The predicted octanol–water partition coefficient (Wildman–Crippen LogP) is 1.47. The van der Waals surface area contributed by atoms with Crippen LogP contribution in [0.1, 0.15) is 26.3 Å². The Balaban J connectivity index is 1.92. The number of nitrogens with zero attached hydrogens (tertiary/aromatic N) is 5. The molecule has 106 valence electrons. The minimum absolute atomic E-state index is 0.138. The summed E-state index contributed by atoms with van der Waals surface area (Å²) in [6, 6.07) is 0.381. The summed E-state index contributed by atoms with van der Waals surface area (Å²) in [7, 11) is 1.95. The van der Waals surface area contributed by atoms with Gasteiger partial charge in [0.1, 0.15) is 0 Å². The molecule has 2 aromatic heterocycles. The Bertz CT molecular complexity index is 627. The van der Waals surface area contributed by atoms with Crippen LogP contribution in [0.2, 0.25) is 0 Å². The quantitative estimate of drug-likeness (QED) is 0.851. The van der Waals surface area contributed by atoms with E-state index in [0.717, 1.165) is 18.2 Å². The van der Waals surface area contributed by atoms with Crippen molar-refractivity contribution in [2.75, 3.05) is 6.54 Å². The highest BCUT2D eigenvalue weighted by atomic mass is 16.2. The fraction of sp³-hybridized carbons (Fsp3) is 0.500. The number of amides is 1. The molecular weight excluding hydrogens is 254 g/mol. The monoisotopic (exact) mass is 273 g/mol. The second-order valence-electron chi connectivity index (χ2n) is 5.52. The van der Waals surface area contributed by atoms with Gasteiger partial charge in [-0.25, -0.2) is 9.97 Å². The van der Waals surface area contributed by atoms with Crippen LogP contribution in [0.25, 0.3) is 11.6 Å². The van der Waals surface area contributed by atoms with Gasteiger partial charge >= 0.3 is 0 Å². The van der Waals surface area contributed by atoms with Crippen molar-refractivity contribution < 1.29 is 4.79 Å². The number of hydrogen-bond acceptors (Lipinski definition) is 3. The molecule has 0 radical (unpaired) electrons. The van der Waals surface area contributed by atoms with Gasteiger partial charge in [0.2, 0.25) is 5.91 Å². The summed E-state index contributed by atoms with van der Waals surface area (Å²) >= 11 is 0. The molecule has 20 heavy (non-hydrogen) atoms. The SMILES string of the molecule is CC(C)N1C[C@@H](n2ccnc2-c2nccn2C)CC1=O. The second kappa shape index (κ2) is 4.77. The van der Waals surface area contributed by atoms with Gasteiger partial charge in [-0.2, -0.15) is 0 Å². The number of likely N-dealkylation sites (tertiary alicyclic amines) is 1. The number of aromatic nitrogens is 4. The number of aryl methyl sites for hydroxylation is 1. The molecule has 2 aromatic rings. The van der Waals surface area contributed by atoms with Crippen LogP contribution in [0.5, 0.6) is 0 Å². The third-order valence-corrected chi connectivity index (χ3v) is 3.84. The third kappa shape index (κ3) is 2.01. The van der Waals surface area contributed by atoms with Crippen LogP contribution in [0.3, 0.4) is 0 Å². The zero-order chi connectivity index (χ0) is 14.3. The standard InChI is InChI=1S/C14H19N5O/c1-10(2)19-9-11(8-12(19)20)18-7-5-16-14(18)13-15-4-6-17(13)3/h4-7,10-11H,8-9H2,1-3H3/t11-/m0/s1. The van der Waals surface area contributed by atoms with Crippen molar-refractivity contribution in [3.05, 3.63) is 24.8 Å². The van der Waals surface area contributed by atoms with E-state index in [-0.39, 0.29) is 18.0 Å². The van der Waals surface area contributed by atoms with Crippen LogP contribution in [0, 0.1) is 0 Å². The largest absolute Gasteiger partial charge is 0.338 e. The van der Waals surface area contributed by atoms with Crippen LogP contribution >= 0.6 is 0 Å². The number of carbonyl (C=O) groups excluding carboxylic acids is 1. The van der Waals surface area contributed by atoms with Crippen LogP contribution < -0.4 is 0 Å². The zero-order valence-electron chi connectivity index (χ0n) is 12.0. The van der Waals surface area contributed by atoms with E-state index in [9.17, 15) is 4.79 Å². The van der Waals surface area contributed by atoms with Crippen molar-refractivity contribution in [2.24, 2.45) is 7.05 Å². The molecule has 0 aliphatic carbocycles. The Kier molecular flexibility index (Phi) is 3.08. The molecule has 0 bridgehead atoms. The molecule has 1 aliphatic heterocycles. The first-order valence-electron chi connectivity index (χ1n) is 6.88. The van der Waals surface area contributed by atoms with Crippen LogP contribution in [0.4, 0.5) is 0 Å². The Morgan fingerprint density at radius 3 is 2.50 bits per heavy atom. The van der Waals surface area contributed by atoms with Crippen LogP contribution in [0.15, 0.2) is 24.8 Å². The lowest BCUT2D eigenvalue weighted by Gasteiger charge is -2.21. The summed E-state index contributed by atoms with van der Waals surface area (Å²) in [5.41, 5.74) is 0. The van der Waals surface area contributed by atoms with Crippen LogP contribution in [-0.4, -0.2) is 42.5 Å². The van der Waals surface area contributed by atoms with Crippen molar-refractivity contribution in [2.45, 2.75) is 32.4 Å². The number of carbonyl (C=O) groups is 1. The molecular formula is C14H19N5O. The highest BCUT2D eigenvalue weighted by Gasteiger charge is 2.33. The van der Waals surface area contributed by atoms with E-state index in [1.165, 1.54) is 0 Å². The Hall–Kier alpha value is -2.11. The van der Waals surface area contributed by atoms with E-state index in [1.807, 2.05) is 42.8 Å². The van der Waals surface area contributed by atoms with Crippen molar-refractivity contribution in [3.63, 3.8) is 0 Å². The number of imidazole rings is 2. The Morgan fingerprint density at radius 2 is 1.90 bits per heavy atom. The maximum Gasteiger partial charge on any atom is 0.225 e. The van der Waals surface area contributed by atoms with E-state index in [0.29, 0.717) is 6.42 Å². The van der Waals surface area contributed by atoms with E-state index in [1.54, 1.807) is 12.4 Å². The highest BCUT2D eigenvalue weighted by molar-refractivity contribution is 5.79. The summed E-state index contributed by atoms with van der Waals surface area (Å²) in [6.07, 6.45) is 7.90. The van der Waals surface area contributed by atoms with Crippen molar-refractivity contribution in [1.82, 2.24) is 24.0 Å². The lowest BCUT2D eigenvalue weighted by atomic mass is 10.2. The fourth-order valence-corrected chi connectivity index (χ4v) is 2.76. The predicted molar refractivity (Wildman–Crippen MR) is 74.9 cm³/mol. The topological polar surface area (TPSA) is 56.0 Å². The third-order valence-electron chi connectivity index (χ3n) is 3.84. The van der Waals surface area contributed by atoms with E-state index < -0.39 is 0 Å². The minimum Gasteiger partial charge on any atom is -0.338 e. The van der Waals surface area contributed by atoms with Gasteiger partial charge in [0, 0.05) is 50.8 Å². The first-order valence-corrected chi connectivity index (χ1v) is 6.88. The Labute approximate surface area is 118 Å². The van der Waals surface area contributed by atoms with Gasteiger partial charge in [-0.15, -0.1) is 0 Å². The molecule has 1 atom stereocenters. The summed E-state index contributed by atoms with van der Waals surface area (Å²) in [5.74, 6) is 1.86. The normalized spacial score (nSPS) is 19.3. The first-order chi connectivity index (χ1) is 9.58. The maximum atomic E-state index is 12.1. The molecule has 6 nitrogen and oxygen atoms in total. The summed E-state index contributed by atoms with van der Waals surface area (Å²) in [4.78, 5) is 22.7. The highest BCUT2D eigenvalue weighted by Crippen LogP contribution is 2.28. The lowest BCUT2D eigenvalue weighted by molar-refractivity contribution is -0.129. The molecule has 0 unspecified atom stereocenters. The Morgan fingerprint density at radius 1 is 1.20 bits per heavy atom. The number of hydrogen-bond donors (Lipinski definition) is 0. The van der Waals surface area contributed by atoms with E-state index >= 15 is 0 Å². The van der Waals surface area contributed by atoms with Crippen LogP contribution in [-0.2, 0) is 11.8 Å².